The summed E-state index contributed by atoms with van der Waals surface area (Å²) >= 11 is 0. The van der Waals surface area contributed by atoms with Crippen molar-refractivity contribution in [2.75, 3.05) is 51.1 Å². The van der Waals surface area contributed by atoms with Gasteiger partial charge in [0.1, 0.15) is 6.04 Å². The van der Waals surface area contributed by atoms with Gasteiger partial charge in [-0.1, -0.05) is 42.5 Å². The Morgan fingerprint density at radius 2 is 1.71 bits per heavy atom. The molecule has 0 bridgehead atoms. The summed E-state index contributed by atoms with van der Waals surface area (Å²) in [6.45, 7) is 7.35. The number of nitrogens with zero attached hydrogens (tertiary/aromatic N) is 3. The summed E-state index contributed by atoms with van der Waals surface area (Å²) in [6, 6.07) is 17.1. The smallest absolute Gasteiger partial charge is 0.243 e. The number of aryl methyl sites for hydroxylation is 1. The third kappa shape index (κ3) is 6.42. The van der Waals surface area contributed by atoms with E-state index < -0.39 is 6.04 Å². The molecule has 2 aliphatic rings. The second kappa shape index (κ2) is 11.3. The molecule has 2 saturated heterocycles. The third-order valence-electron chi connectivity index (χ3n) is 6.40. The molecule has 0 spiro atoms. The maximum absolute atomic E-state index is 13.1. The predicted octanol–water partition coefficient (Wildman–Crippen LogP) is 1.47. The Kier molecular flexibility index (Phi) is 7.92. The minimum absolute atomic E-state index is 0.0592. The van der Waals surface area contributed by atoms with Gasteiger partial charge in [-0.2, -0.15) is 0 Å². The van der Waals surface area contributed by atoms with Crippen molar-refractivity contribution in [1.29, 1.82) is 0 Å². The van der Waals surface area contributed by atoms with Crippen LogP contribution in [-0.4, -0.2) is 84.3 Å². The molecule has 0 aromatic heterocycles. The van der Waals surface area contributed by atoms with Crippen molar-refractivity contribution in [1.82, 2.24) is 20.0 Å². The van der Waals surface area contributed by atoms with Crippen LogP contribution >= 0.6 is 0 Å². The molecule has 0 aliphatic carbocycles. The molecule has 2 fully saturated rings. The topological polar surface area (TPSA) is 85.0 Å². The largest absolute Gasteiger partial charge is 0.353 e. The molecule has 1 unspecified atom stereocenters. The highest BCUT2D eigenvalue weighted by atomic mass is 16.2. The average Bonchev–Trinajstić information content (AvgIpc) is 2.82. The van der Waals surface area contributed by atoms with Gasteiger partial charge in [-0.05, 0) is 30.2 Å². The normalized spacial score (nSPS) is 19.5. The van der Waals surface area contributed by atoms with Crippen molar-refractivity contribution in [3.05, 3.63) is 65.7 Å². The lowest BCUT2D eigenvalue weighted by atomic mass is 10.1. The summed E-state index contributed by atoms with van der Waals surface area (Å²) in [5.74, 6) is -0.647. The first-order valence-corrected chi connectivity index (χ1v) is 11.9. The molecule has 3 amide bonds. The van der Waals surface area contributed by atoms with Crippen LogP contribution < -0.4 is 10.6 Å². The molecule has 2 aliphatic heterocycles. The van der Waals surface area contributed by atoms with E-state index in [4.69, 9.17) is 0 Å². The number of hydrogen-bond acceptors (Lipinski definition) is 5. The maximum atomic E-state index is 13.1. The molecule has 2 N–H and O–H groups in total. The maximum Gasteiger partial charge on any atom is 0.243 e. The quantitative estimate of drug-likeness (QED) is 0.650. The predicted molar refractivity (Wildman–Crippen MR) is 131 cm³/mol. The fourth-order valence-electron chi connectivity index (χ4n) is 4.56. The van der Waals surface area contributed by atoms with Gasteiger partial charge in [0.15, 0.2) is 0 Å². The lowest BCUT2D eigenvalue weighted by Crippen LogP contribution is -2.60. The van der Waals surface area contributed by atoms with Crippen LogP contribution in [0.15, 0.2) is 54.6 Å². The first-order valence-electron chi connectivity index (χ1n) is 11.9. The molecule has 1 atom stereocenters. The average molecular weight is 464 g/mol. The molecule has 2 heterocycles. The molecule has 2 aromatic rings. The van der Waals surface area contributed by atoms with Crippen LogP contribution in [0.25, 0.3) is 0 Å². The van der Waals surface area contributed by atoms with E-state index in [1.165, 1.54) is 5.56 Å². The van der Waals surface area contributed by atoms with Crippen LogP contribution in [0.5, 0.6) is 0 Å². The molecule has 8 nitrogen and oxygen atoms in total. The molecule has 2 aromatic carbocycles. The Morgan fingerprint density at radius 3 is 2.44 bits per heavy atom. The van der Waals surface area contributed by atoms with Gasteiger partial charge < -0.3 is 15.5 Å². The first kappa shape index (κ1) is 23.9. The Morgan fingerprint density at radius 1 is 0.971 bits per heavy atom. The molecular formula is C26H33N5O3. The van der Waals surface area contributed by atoms with Gasteiger partial charge in [-0.3, -0.25) is 24.2 Å². The number of piperazine rings is 2. The second-order valence-corrected chi connectivity index (χ2v) is 9.05. The molecule has 0 saturated carbocycles. The highest BCUT2D eigenvalue weighted by Gasteiger charge is 2.35. The second-order valence-electron chi connectivity index (χ2n) is 9.05. The van der Waals surface area contributed by atoms with Crippen molar-refractivity contribution < 1.29 is 14.4 Å². The van der Waals surface area contributed by atoms with Crippen LogP contribution in [0.4, 0.5) is 5.69 Å². The van der Waals surface area contributed by atoms with E-state index >= 15 is 0 Å². The van der Waals surface area contributed by atoms with Gasteiger partial charge in [0.2, 0.25) is 17.7 Å². The Balaban J connectivity index is 1.29. The number of hydrogen-bond donors (Lipinski definition) is 2. The molecular weight excluding hydrogens is 430 g/mol. The molecule has 8 heteroatoms. The summed E-state index contributed by atoms with van der Waals surface area (Å²) < 4.78 is 0. The fourth-order valence-corrected chi connectivity index (χ4v) is 4.56. The van der Waals surface area contributed by atoms with E-state index in [-0.39, 0.29) is 30.7 Å². The number of nitrogens with one attached hydrogen (secondary N) is 2. The Hall–Kier alpha value is -3.23. The molecule has 180 valence electrons. The van der Waals surface area contributed by atoms with Crippen LogP contribution in [0, 0.1) is 6.92 Å². The Bertz CT molecular complexity index is 1000. The van der Waals surface area contributed by atoms with Crippen molar-refractivity contribution in [3.63, 3.8) is 0 Å². The zero-order chi connectivity index (χ0) is 23.9. The number of benzene rings is 2. The van der Waals surface area contributed by atoms with E-state index in [1.807, 2.05) is 37.3 Å². The van der Waals surface area contributed by atoms with E-state index in [1.54, 1.807) is 4.90 Å². The number of anilines is 1. The van der Waals surface area contributed by atoms with E-state index in [9.17, 15) is 14.4 Å². The summed E-state index contributed by atoms with van der Waals surface area (Å²) in [7, 11) is 0. The fraction of sp³-hybridized carbons (Fsp3) is 0.423. The summed E-state index contributed by atoms with van der Waals surface area (Å²) in [4.78, 5) is 44.4. The van der Waals surface area contributed by atoms with E-state index in [2.05, 4.69) is 44.7 Å². The SMILES string of the molecule is Cc1cccc(NC(=O)CC2C(=O)NCCN2C(=O)CN2CCN(Cc3ccccc3)CC2)c1. The van der Waals surface area contributed by atoms with Crippen molar-refractivity contribution in [2.45, 2.75) is 25.9 Å². The Labute approximate surface area is 200 Å². The lowest BCUT2D eigenvalue weighted by molar-refractivity contribution is -0.145. The minimum Gasteiger partial charge on any atom is -0.353 e. The third-order valence-corrected chi connectivity index (χ3v) is 6.40. The van der Waals surface area contributed by atoms with Crippen LogP contribution in [0.2, 0.25) is 0 Å². The van der Waals surface area contributed by atoms with E-state index in [0.29, 0.717) is 18.8 Å². The zero-order valence-corrected chi connectivity index (χ0v) is 19.7. The van der Waals surface area contributed by atoms with Crippen LogP contribution in [-0.2, 0) is 20.9 Å². The van der Waals surface area contributed by atoms with Gasteiger partial charge in [0, 0.05) is 51.5 Å². The van der Waals surface area contributed by atoms with Crippen LogP contribution in [0.3, 0.4) is 0 Å². The lowest BCUT2D eigenvalue weighted by Gasteiger charge is -2.38. The van der Waals surface area contributed by atoms with Gasteiger partial charge >= 0.3 is 0 Å². The molecule has 0 radical (unpaired) electrons. The monoisotopic (exact) mass is 463 g/mol. The van der Waals surface area contributed by atoms with Gasteiger partial charge in [-0.25, -0.2) is 0 Å². The van der Waals surface area contributed by atoms with E-state index in [0.717, 1.165) is 38.3 Å². The summed E-state index contributed by atoms with van der Waals surface area (Å²) in [6.07, 6.45) is -0.0592. The number of amides is 3. The molecule has 4 rings (SSSR count). The van der Waals surface area contributed by atoms with Gasteiger partial charge in [-0.15, -0.1) is 0 Å². The van der Waals surface area contributed by atoms with Crippen molar-refractivity contribution in [2.24, 2.45) is 0 Å². The van der Waals surface area contributed by atoms with Crippen molar-refractivity contribution in [3.8, 4) is 0 Å². The molecule has 34 heavy (non-hydrogen) atoms. The van der Waals surface area contributed by atoms with Crippen molar-refractivity contribution >= 4 is 23.4 Å². The minimum atomic E-state index is -0.787. The highest BCUT2D eigenvalue weighted by Crippen LogP contribution is 2.15. The standard InChI is InChI=1S/C26H33N5O3/c1-20-6-5-9-22(16-20)28-24(32)17-23-26(34)27-10-11-31(23)25(33)19-30-14-12-29(13-15-30)18-21-7-3-2-4-8-21/h2-9,16,23H,10-15,17-19H2,1H3,(H,27,34)(H,28,32). The number of carbonyl (C=O) groups excluding carboxylic acids is 3. The summed E-state index contributed by atoms with van der Waals surface area (Å²) in [5, 5.41) is 5.64. The highest BCUT2D eigenvalue weighted by molar-refractivity contribution is 5.97. The first-order chi connectivity index (χ1) is 16.5. The summed E-state index contributed by atoms with van der Waals surface area (Å²) in [5.41, 5.74) is 3.01. The number of carbonyl (C=O) groups is 3. The number of rotatable bonds is 7. The zero-order valence-electron chi connectivity index (χ0n) is 19.7. The van der Waals surface area contributed by atoms with Gasteiger partial charge in [0.05, 0.1) is 13.0 Å². The van der Waals surface area contributed by atoms with Crippen LogP contribution in [0.1, 0.15) is 17.5 Å². The van der Waals surface area contributed by atoms with Gasteiger partial charge in [0.25, 0.3) is 0 Å².